The van der Waals surface area contributed by atoms with Crippen molar-refractivity contribution in [3.8, 4) is 17.2 Å². The predicted octanol–water partition coefficient (Wildman–Crippen LogP) is 5.15. The molecule has 0 amide bonds. The van der Waals surface area contributed by atoms with Crippen LogP contribution in [0.1, 0.15) is 11.1 Å². The van der Waals surface area contributed by atoms with Crippen molar-refractivity contribution >= 4 is 31.7 Å². The number of aryl methyl sites for hydroxylation is 1. The van der Waals surface area contributed by atoms with Gasteiger partial charge in [0.2, 0.25) is 0 Å². The largest absolute Gasteiger partial charge is 0.497 e. The van der Waals surface area contributed by atoms with Crippen molar-refractivity contribution in [2.24, 2.45) is 0 Å². The lowest BCUT2D eigenvalue weighted by Crippen LogP contribution is -2.11. The van der Waals surface area contributed by atoms with Gasteiger partial charge in [0.15, 0.2) is 11.5 Å². The average molecular weight is 492 g/mol. The number of hydrogen-bond donors (Lipinski definition) is 1. The standard InChI is InChI=1S/C22H22BrNO5S/c1-15-4-10-19(11-5-15)30(25,26)29-22-20(23)12-16(13-21(22)28-3)14-24-17-6-8-18(27-2)9-7-17/h4-13,24H,14H2,1-3H3. The number of ether oxygens (including phenoxy) is 2. The van der Waals surface area contributed by atoms with Crippen LogP contribution >= 0.6 is 15.9 Å². The predicted molar refractivity (Wildman–Crippen MR) is 120 cm³/mol. The lowest BCUT2D eigenvalue weighted by atomic mass is 10.2. The molecule has 6 nitrogen and oxygen atoms in total. The third-order valence-corrected chi connectivity index (χ3v) is 6.20. The minimum Gasteiger partial charge on any atom is -0.497 e. The first-order valence-corrected chi connectivity index (χ1v) is 11.3. The molecule has 0 fully saturated rings. The molecule has 0 aliphatic rings. The summed E-state index contributed by atoms with van der Waals surface area (Å²) in [6.07, 6.45) is 0. The van der Waals surface area contributed by atoms with Crippen LogP contribution in [0.4, 0.5) is 5.69 Å². The molecule has 0 atom stereocenters. The van der Waals surface area contributed by atoms with Gasteiger partial charge in [-0.15, -0.1) is 0 Å². The van der Waals surface area contributed by atoms with Gasteiger partial charge in [-0.3, -0.25) is 0 Å². The van der Waals surface area contributed by atoms with Crippen molar-refractivity contribution < 1.29 is 22.1 Å². The van der Waals surface area contributed by atoms with E-state index >= 15 is 0 Å². The van der Waals surface area contributed by atoms with E-state index in [4.69, 9.17) is 13.7 Å². The number of nitrogens with one attached hydrogen (secondary N) is 1. The molecule has 0 saturated carbocycles. The highest BCUT2D eigenvalue weighted by Gasteiger charge is 2.22. The fraction of sp³-hybridized carbons (Fsp3) is 0.182. The Balaban J connectivity index is 1.80. The summed E-state index contributed by atoms with van der Waals surface area (Å²) in [5, 5.41) is 3.30. The summed E-state index contributed by atoms with van der Waals surface area (Å²) < 4.78 is 41.7. The zero-order valence-electron chi connectivity index (χ0n) is 16.8. The van der Waals surface area contributed by atoms with E-state index in [0.717, 1.165) is 22.6 Å². The van der Waals surface area contributed by atoms with Crippen LogP contribution in [0.3, 0.4) is 0 Å². The summed E-state index contributed by atoms with van der Waals surface area (Å²) in [4.78, 5) is 0.0762. The molecule has 1 N–H and O–H groups in total. The Morgan fingerprint density at radius 1 is 0.933 bits per heavy atom. The molecule has 0 bridgehead atoms. The molecular weight excluding hydrogens is 470 g/mol. The van der Waals surface area contributed by atoms with Gasteiger partial charge in [0.05, 0.1) is 18.7 Å². The van der Waals surface area contributed by atoms with Crippen LogP contribution in [0.5, 0.6) is 17.2 Å². The number of anilines is 1. The molecule has 3 aromatic rings. The van der Waals surface area contributed by atoms with E-state index in [2.05, 4.69) is 21.2 Å². The highest BCUT2D eigenvalue weighted by atomic mass is 79.9. The fourth-order valence-electron chi connectivity index (χ4n) is 2.73. The highest BCUT2D eigenvalue weighted by Crippen LogP contribution is 2.38. The molecule has 0 unspecified atom stereocenters. The van der Waals surface area contributed by atoms with Gasteiger partial charge in [-0.1, -0.05) is 17.7 Å². The molecule has 0 aromatic heterocycles. The lowest BCUT2D eigenvalue weighted by molar-refractivity contribution is 0.389. The zero-order valence-corrected chi connectivity index (χ0v) is 19.2. The van der Waals surface area contributed by atoms with Gasteiger partial charge < -0.3 is 19.0 Å². The number of methoxy groups -OCH3 is 2. The van der Waals surface area contributed by atoms with Crippen LogP contribution in [0, 0.1) is 6.92 Å². The molecule has 0 aliphatic heterocycles. The molecule has 8 heteroatoms. The second-order valence-corrected chi connectivity index (χ2v) is 8.94. The summed E-state index contributed by atoms with van der Waals surface area (Å²) in [5.41, 5.74) is 2.77. The van der Waals surface area contributed by atoms with E-state index in [9.17, 15) is 8.42 Å². The molecule has 0 radical (unpaired) electrons. The first-order valence-electron chi connectivity index (χ1n) is 9.08. The lowest BCUT2D eigenvalue weighted by Gasteiger charge is -2.15. The van der Waals surface area contributed by atoms with Crippen LogP contribution in [0.2, 0.25) is 0 Å². The van der Waals surface area contributed by atoms with Crippen molar-refractivity contribution in [3.63, 3.8) is 0 Å². The maximum Gasteiger partial charge on any atom is 0.339 e. The molecule has 158 valence electrons. The van der Waals surface area contributed by atoms with Crippen molar-refractivity contribution in [2.75, 3.05) is 19.5 Å². The molecule has 0 saturated heterocycles. The number of hydrogen-bond acceptors (Lipinski definition) is 6. The smallest absolute Gasteiger partial charge is 0.339 e. The van der Waals surface area contributed by atoms with Crippen LogP contribution in [0.15, 0.2) is 70.0 Å². The van der Waals surface area contributed by atoms with Crippen LogP contribution in [0.25, 0.3) is 0 Å². The van der Waals surface area contributed by atoms with Crippen molar-refractivity contribution in [3.05, 3.63) is 76.3 Å². The van der Waals surface area contributed by atoms with Crippen LogP contribution < -0.4 is 19.0 Å². The molecule has 0 spiro atoms. The molecule has 0 aliphatic carbocycles. The van der Waals surface area contributed by atoms with E-state index in [-0.39, 0.29) is 10.6 Å². The Hall–Kier alpha value is -2.71. The van der Waals surface area contributed by atoms with Gasteiger partial charge >= 0.3 is 10.1 Å². The first kappa shape index (κ1) is 22.0. The Kier molecular flexibility index (Phi) is 6.89. The SMILES string of the molecule is COc1ccc(NCc2cc(Br)c(OS(=O)(=O)c3ccc(C)cc3)c(OC)c2)cc1. The fourth-order valence-corrected chi connectivity index (χ4v) is 4.37. The van der Waals surface area contributed by atoms with E-state index < -0.39 is 10.1 Å². The van der Waals surface area contributed by atoms with Gasteiger partial charge in [0, 0.05) is 12.2 Å². The third kappa shape index (κ3) is 5.25. The maximum absolute atomic E-state index is 12.7. The van der Waals surface area contributed by atoms with Gasteiger partial charge in [-0.25, -0.2) is 0 Å². The normalized spacial score (nSPS) is 11.1. The second kappa shape index (κ2) is 9.40. The first-order chi connectivity index (χ1) is 14.3. The zero-order chi connectivity index (χ0) is 21.7. The molecule has 0 heterocycles. The van der Waals surface area contributed by atoms with E-state index in [0.29, 0.717) is 16.8 Å². The van der Waals surface area contributed by atoms with Gasteiger partial charge in [0.25, 0.3) is 0 Å². The summed E-state index contributed by atoms with van der Waals surface area (Å²) in [7, 11) is -0.911. The van der Waals surface area contributed by atoms with E-state index in [1.54, 1.807) is 31.4 Å². The Bertz CT molecular complexity index is 1110. The quantitative estimate of drug-likeness (QED) is 0.439. The second-order valence-electron chi connectivity index (χ2n) is 6.54. The third-order valence-electron chi connectivity index (χ3n) is 4.38. The Labute approximate surface area is 185 Å². The van der Waals surface area contributed by atoms with Crippen molar-refractivity contribution in [1.82, 2.24) is 0 Å². The summed E-state index contributed by atoms with van der Waals surface area (Å²) in [5.74, 6) is 1.19. The maximum atomic E-state index is 12.7. The van der Waals surface area contributed by atoms with Crippen LogP contribution in [-0.2, 0) is 16.7 Å². The highest BCUT2D eigenvalue weighted by molar-refractivity contribution is 9.10. The van der Waals surface area contributed by atoms with Gasteiger partial charge in [-0.2, -0.15) is 8.42 Å². The Morgan fingerprint density at radius 3 is 2.20 bits per heavy atom. The summed E-state index contributed by atoms with van der Waals surface area (Å²) >= 11 is 3.41. The van der Waals surface area contributed by atoms with Crippen molar-refractivity contribution in [2.45, 2.75) is 18.4 Å². The number of halogens is 1. The average Bonchev–Trinajstić information content (AvgIpc) is 2.74. The van der Waals surface area contributed by atoms with Gasteiger partial charge in [-0.05, 0) is 76.9 Å². The van der Waals surface area contributed by atoms with Crippen LogP contribution in [-0.4, -0.2) is 22.6 Å². The minimum atomic E-state index is -4.00. The molecule has 3 aromatic carbocycles. The topological polar surface area (TPSA) is 73.9 Å². The Morgan fingerprint density at radius 2 is 1.60 bits per heavy atom. The van der Waals surface area contributed by atoms with E-state index in [1.807, 2.05) is 31.2 Å². The van der Waals surface area contributed by atoms with E-state index in [1.165, 1.54) is 19.2 Å². The number of rotatable bonds is 8. The molecule has 30 heavy (non-hydrogen) atoms. The monoisotopic (exact) mass is 491 g/mol. The van der Waals surface area contributed by atoms with Crippen molar-refractivity contribution in [1.29, 1.82) is 0 Å². The summed E-state index contributed by atoms with van der Waals surface area (Å²) in [6, 6.07) is 17.6. The molecule has 3 rings (SSSR count). The van der Waals surface area contributed by atoms with Gasteiger partial charge in [0.1, 0.15) is 10.6 Å². The molecular formula is C22H22BrNO5S. The minimum absolute atomic E-state index is 0.0762. The summed E-state index contributed by atoms with van der Waals surface area (Å²) in [6.45, 7) is 2.39. The number of benzene rings is 3.